The van der Waals surface area contributed by atoms with Crippen molar-refractivity contribution in [2.75, 3.05) is 23.0 Å². The Morgan fingerprint density at radius 1 is 1.23 bits per heavy atom. The molecule has 1 aliphatic rings. The summed E-state index contributed by atoms with van der Waals surface area (Å²) >= 11 is 12.5. The van der Waals surface area contributed by atoms with E-state index in [9.17, 15) is 0 Å². The van der Waals surface area contributed by atoms with Gasteiger partial charge in [0.15, 0.2) is 0 Å². The van der Waals surface area contributed by atoms with E-state index >= 15 is 0 Å². The third-order valence-corrected chi connectivity index (χ3v) is 4.59. The van der Waals surface area contributed by atoms with E-state index in [2.05, 4.69) is 4.90 Å². The lowest BCUT2D eigenvalue weighted by molar-refractivity contribution is 0.941. The summed E-state index contributed by atoms with van der Waals surface area (Å²) in [4.78, 5) is 6.92. The van der Waals surface area contributed by atoms with Crippen LogP contribution in [0.1, 0.15) is 12.8 Å². The van der Waals surface area contributed by atoms with Crippen LogP contribution in [0.5, 0.6) is 0 Å². The van der Waals surface area contributed by atoms with E-state index in [1.54, 1.807) is 12.3 Å². The van der Waals surface area contributed by atoms with Crippen molar-refractivity contribution in [2.45, 2.75) is 12.8 Å². The first kappa shape index (κ1) is 15.2. The molecule has 1 fully saturated rings. The van der Waals surface area contributed by atoms with E-state index in [-0.39, 0.29) is 0 Å². The number of halogens is 2. The van der Waals surface area contributed by atoms with Gasteiger partial charge in [0.25, 0.3) is 0 Å². The summed E-state index contributed by atoms with van der Waals surface area (Å²) in [6.45, 7) is 1.96. The summed E-state index contributed by atoms with van der Waals surface area (Å²) < 4.78 is 0. The molecule has 0 bridgehead atoms. The normalized spacial score (nSPS) is 15.1. The second kappa shape index (κ2) is 6.20. The van der Waals surface area contributed by atoms with E-state index < -0.39 is 0 Å². The van der Waals surface area contributed by atoms with Crippen LogP contribution in [-0.4, -0.2) is 18.1 Å². The molecule has 116 valence electrons. The maximum absolute atomic E-state index is 6.34. The first-order valence-electron chi connectivity index (χ1n) is 7.08. The monoisotopic (exact) mass is 337 g/mol. The smallest absolute Gasteiger partial charge is 0.131 e. The molecule has 3 rings (SSSR count). The average Bonchev–Trinajstić information content (AvgIpc) is 3.05. The third-order valence-electron chi connectivity index (χ3n) is 3.79. The molecule has 1 saturated heterocycles. The second-order valence-electron chi connectivity index (χ2n) is 5.20. The fourth-order valence-corrected chi connectivity index (χ4v) is 3.06. The summed E-state index contributed by atoms with van der Waals surface area (Å²) in [6.07, 6.45) is 5.30. The van der Waals surface area contributed by atoms with Gasteiger partial charge in [-0.2, -0.15) is 0 Å². The van der Waals surface area contributed by atoms with Crippen molar-refractivity contribution in [3.63, 3.8) is 0 Å². The van der Waals surface area contributed by atoms with Gasteiger partial charge in [-0.05, 0) is 25.0 Å². The zero-order chi connectivity index (χ0) is 15.7. The van der Waals surface area contributed by atoms with E-state index in [0.717, 1.165) is 42.8 Å². The first-order chi connectivity index (χ1) is 10.6. The Hall–Kier alpha value is -1.69. The summed E-state index contributed by atoms with van der Waals surface area (Å²) in [5.74, 6) is 6.92. The van der Waals surface area contributed by atoms with Gasteiger partial charge in [-0.1, -0.05) is 23.2 Å². The van der Waals surface area contributed by atoms with E-state index in [1.165, 1.54) is 11.2 Å². The molecule has 1 aromatic carbocycles. The number of benzene rings is 1. The third kappa shape index (κ3) is 2.67. The Balaban J connectivity index is 2.23. The van der Waals surface area contributed by atoms with Crippen LogP contribution in [-0.2, 0) is 0 Å². The Kier molecular flexibility index (Phi) is 4.29. The summed E-state index contributed by atoms with van der Waals surface area (Å²) in [6, 6.07) is 5.56. The van der Waals surface area contributed by atoms with Crippen LogP contribution in [0.2, 0.25) is 10.0 Å². The van der Waals surface area contributed by atoms with E-state index in [1.807, 2.05) is 12.1 Å². The van der Waals surface area contributed by atoms with Crippen molar-refractivity contribution >= 4 is 45.6 Å². The van der Waals surface area contributed by atoms with Crippen molar-refractivity contribution in [3.05, 3.63) is 40.6 Å². The Morgan fingerprint density at radius 3 is 2.64 bits per heavy atom. The van der Waals surface area contributed by atoms with Crippen LogP contribution < -0.4 is 21.5 Å². The van der Waals surface area contributed by atoms with Gasteiger partial charge in [-0.25, -0.2) is 10.8 Å². The molecule has 5 nitrogen and oxygen atoms in total. The van der Waals surface area contributed by atoms with Crippen molar-refractivity contribution in [1.29, 1.82) is 0 Å². The molecular weight excluding hydrogens is 321 g/mol. The van der Waals surface area contributed by atoms with Gasteiger partial charge in [0.05, 0.1) is 21.2 Å². The van der Waals surface area contributed by atoms with Crippen LogP contribution in [0.4, 0.5) is 11.5 Å². The number of hydrazine groups is 1. The van der Waals surface area contributed by atoms with Gasteiger partial charge in [0.1, 0.15) is 5.82 Å². The van der Waals surface area contributed by atoms with Crippen molar-refractivity contribution in [2.24, 2.45) is 11.6 Å². The van der Waals surface area contributed by atoms with Gasteiger partial charge in [-0.15, -0.1) is 0 Å². The molecule has 2 aromatic rings. The lowest BCUT2D eigenvalue weighted by Crippen LogP contribution is -2.26. The number of aromatic nitrogens is 1. The first-order valence-corrected chi connectivity index (χ1v) is 7.83. The summed E-state index contributed by atoms with van der Waals surface area (Å²) in [5, 5.41) is 3.21. The Morgan fingerprint density at radius 2 is 1.95 bits per heavy atom. The highest BCUT2D eigenvalue weighted by Crippen LogP contribution is 2.37. The van der Waals surface area contributed by atoms with Gasteiger partial charge >= 0.3 is 0 Å². The SMILES string of the molecule is N/C=C\N(N)c1cc(N2CCCC2)nc2c(Cl)c(Cl)ccc12. The van der Waals surface area contributed by atoms with Crippen LogP contribution in [0, 0.1) is 0 Å². The summed E-state index contributed by atoms with van der Waals surface area (Å²) in [5.41, 5.74) is 6.88. The standard InChI is InChI=1S/C15H17Cl2N5/c16-11-4-3-10-12(22(19)8-5-18)9-13(20-15(10)14(11)17)21-6-1-2-7-21/h3-5,8-9H,1-2,6-7,18-19H2/b8-5-. The molecular formula is C15H17Cl2N5. The molecule has 0 amide bonds. The van der Waals surface area contributed by atoms with E-state index in [4.69, 9.17) is 39.8 Å². The molecule has 0 spiro atoms. The number of rotatable bonds is 3. The molecule has 22 heavy (non-hydrogen) atoms. The summed E-state index contributed by atoms with van der Waals surface area (Å²) in [7, 11) is 0. The number of pyridine rings is 1. The highest BCUT2D eigenvalue weighted by Gasteiger charge is 2.19. The number of nitrogens with zero attached hydrogens (tertiary/aromatic N) is 3. The Bertz CT molecular complexity index is 725. The zero-order valence-electron chi connectivity index (χ0n) is 12.0. The molecule has 0 aliphatic carbocycles. The lowest BCUT2D eigenvalue weighted by atomic mass is 10.1. The molecule has 4 N–H and O–H groups in total. The van der Waals surface area contributed by atoms with E-state index in [0.29, 0.717) is 15.6 Å². The molecule has 1 aliphatic heterocycles. The van der Waals surface area contributed by atoms with Crippen LogP contribution in [0.3, 0.4) is 0 Å². The molecule has 0 unspecified atom stereocenters. The second-order valence-corrected chi connectivity index (χ2v) is 5.99. The fraction of sp³-hybridized carbons (Fsp3) is 0.267. The zero-order valence-corrected chi connectivity index (χ0v) is 13.5. The number of hydrogen-bond donors (Lipinski definition) is 2. The average molecular weight is 338 g/mol. The molecule has 0 radical (unpaired) electrons. The van der Waals surface area contributed by atoms with Crippen LogP contribution in [0.15, 0.2) is 30.6 Å². The van der Waals surface area contributed by atoms with Gasteiger partial charge in [0, 0.05) is 36.9 Å². The predicted molar refractivity (Wildman–Crippen MR) is 93.2 cm³/mol. The molecule has 7 heteroatoms. The number of anilines is 2. The highest BCUT2D eigenvalue weighted by molar-refractivity contribution is 6.45. The van der Waals surface area contributed by atoms with Gasteiger partial charge in [-0.3, -0.25) is 5.01 Å². The lowest BCUT2D eigenvalue weighted by Gasteiger charge is -2.22. The van der Waals surface area contributed by atoms with Crippen molar-refractivity contribution in [3.8, 4) is 0 Å². The number of nitrogens with two attached hydrogens (primary N) is 2. The maximum Gasteiger partial charge on any atom is 0.131 e. The maximum atomic E-state index is 6.34. The molecule has 0 atom stereocenters. The number of hydrogen-bond acceptors (Lipinski definition) is 5. The minimum absolute atomic E-state index is 0.437. The molecule has 2 heterocycles. The topological polar surface area (TPSA) is 71.4 Å². The quantitative estimate of drug-likeness (QED) is 0.664. The molecule has 1 aromatic heterocycles. The van der Waals surface area contributed by atoms with Crippen LogP contribution in [0.25, 0.3) is 10.9 Å². The minimum atomic E-state index is 0.437. The minimum Gasteiger partial charge on any atom is -0.403 e. The highest BCUT2D eigenvalue weighted by atomic mass is 35.5. The van der Waals surface area contributed by atoms with Gasteiger partial charge in [0.2, 0.25) is 0 Å². The largest absolute Gasteiger partial charge is 0.403 e. The van der Waals surface area contributed by atoms with Gasteiger partial charge < -0.3 is 10.6 Å². The van der Waals surface area contributed by atoms with Crippen molar-refractivity contribution in [1.82, 2.24) is 4.98 Å². The van der Waals surface area contributed by atoms with Crippen molar-refractivity contribution < 1.29 is 0 Å². The fourth-order valence-electron chi connectivity index (χ4n) is 2.70. The number of fused-ring (bicyclic) bond motifs is 1. The predicted octanol–water partition coefficient (Wildman–Crippen LogP) is 3.25. The Labute approximate surface area is 139 Å². The molecule has 0 saturated carbocycles. The van der Waals surface area contributed by atoms with Crippen LogP contribution >= 0.6 is 23.2 Å².